The lowest BCUT2D eigenvalue weighted by Crippen LogP contribution is -2.27. The monoisotopic (exact) mass is 254 g/mol. The molecular weight excluding hydrogens is 232 g/mol. The van der Waals surface area contributed by atoms with E-state index in [4.69, 9.17) is 13.9 Å². The standard InChI is InChI=1S/C13H22O3Si/c1-17(2,3)16-12-6-10-8-13(9-11(10)7-12)14-4-5-15-13/h6,10-11H,4-5,7-9H2,1-3H3/t10-,11+/m1/s1. The van der Waals surface area contributed by atoms with Crippen molar-refractivity contribution in [2.75, 3.05) is 13.2 Å². The first kappa shape index (κ1) is 11.7. The molecule has 0 radical (unpaired) electrons. The Morgan fingerprint density at radius 2 is 1.94 bits per heavy atom. The Labute approximate surface area is 104 Å². The molecule has 1 aliphatic heterocycles. The van der Waals surface area contributed by atoms with Crippen LogP contribution in [-0.2, 0) is 13.9 Å². The molecule has 0 aromatic heterocycles. The van der Waals surface area contributed by atoms with E-state index in [0.717, 1.165) is 32.5 Å². The van der Waals surface area contributed by atoms with Crippen LogP contribution in [0.3, 0.4) is 0 Å². The zero-order valence-electron chi connectivity index (χ0n) is 11.0. The fourth-order valence-corrected chi connectivity index (χ4v) is 4.28. The van der Waals surface area contributed by atoms with Crippen LogP contribution >= 0.6 is 0 Å². The minimum Gasteiger partial charge on any atom is -0.548 e. The Bertz CT molecular complexity index is 339. The first-order valence-electron chi connectivity index (χ1n) is 6.63. The third kappa shape index (κ3) is 2.30. The molecule has 1 heterocycles. The van der Waals surface area contributed by atoms with E-state index in [1.54, 1.807) is 0 Å². The molecular formula is C13H22O3Si. The summed E-state index contributed by atoms with van der Waals surface area (Å²) in [5, 5.41) is 0. The average Bonchev–Trinajstić information content (AvgIpc) is 2.80. The van der Waals surface area contributed by atoms with Gasteiger partial charge in [-0.05, 0) is 37.6 Å². The molecule has 1 spiro atoms. The van der Waals surface area contributed by atoms with Gasteiger partial charge in [0, 0.05) is 19.3 Å². The summed E-state index contributed by atoms with van der Waals surface area (Å²) in [6.07, 6.45) is 5.50. The van der Waals surface area contributed by atoms with Crippen LogP contribution in [0.4, 0.5) is 0 Å². The summed E-state index contributed by atoms with van der Waals surface area (Å²) in [5.74, 6) is 2.28. The summed E-state index contributed by atoms with van der Waals surface area (Å²) >= 11 is 0. The molecule has 0 aromatic rings. The van der Waals surface area contributed by atoms with Crippen LogP contribution in [0.1, 0.15) is 19.3 Å². The van der Waals surface area contributed by atoms with Crippen LogP contribution in [-0.4, -0.2) is 27.3 Å². The van der Waals surface area contributed by atoms with Crippen molar-refractivity contribution in [3.63, 3.8) is 0 Å². The maximum atomic E-state index is 6.10. The van der Waals surface area contributed by atoms with E-state index in [0.29, 0.717) is 11.8 Å². The highest BCUT2D eigenvalue weighted by molar-refractivity contribution is 6.70. The van der Waals surface area contributed by atoms with E-state index in [-0.39, 0.29) is 5.79 Å². The lowest BCUT2D eigenvalue weighted by Gasteiger charge is -2.24. The normalized spacial score (nSPS) is 35.1. The molecule has 1 saturated heterocycles. The average molecular weight is 254 g/mol. The number of allylic oxidation sites excluding steroid dienone is 2. The summed E-state index contributed by atoms with van der Waals surface area (Å²) in [6, 6.07) is 0. The van der Waals surface area contributed by atoms with E-state index in [2.05, 4.69) is 25.7 Å². The van der Waals surface area contributed by atoms with Gasteiger partial charge in [0.1, 0.15) is 0 Å². The SMILES string of the molecule is C[Si](C)(C)OC1=C[C@@H]2CC3(C[C@@H]2C1)OCCO3. The molecule has 0 bridgehead atoms. The smallest absolute Gasteiger partial charge is 0.241 e. The van der Waals surface area contributed by atoms with Gasteiger partial charge in [-0.1, -0.05) is 0 Å². The van der Waals surface area contributed by atoms with Crippen LogP contribution in [0.25, 0.3) is 0 Å². The van der Waals surface area contributed by atoms with Crippen molar-refractivity contribution in [3.8, 4) is 0 Å². The van der Waals surface area contributed by atoms with Crippen molar-refractivity contribution < 1.29 is 13.9 Å². The molecule has 96 valence electrons. The van der Waals surface area contributed by atoms with Gasteiger partial charge >= 0.3 is 0 Å². The maximum Gasteiger partial charge on any atom is 0.241 e. The topological polar surface area (TPSA) is 27.7 Å². The van der Waals surface area contributed by atoms with Gasteiger partial charge in [-0.15, -0.1) is 0 Å². The second-order valence-corrected chi connectivity index (χ2v) is 10.9. The molecule has 2 atom stereocenters. The van der Waals surface area contributed by atoms with Crippen molar-refractivity contribution in [3.05, 3.63) is 11.8 Å². The second kappa shape index (κ2) is 3.83. The highest BCUT2D eigenvalue weighted by Crippen LogP contribution is 2.51. The van der Waals surface area contributed by atoms with Crippen molar-refractivity contribution >= 4 is 8.32 Å². The van der Waals surface area contributed by atoms with Gasteiger partial charge in [-0.25, -0.2) is 0 Å². The van der Waals surface area contributed by atoms with Crippen LogP contribution in [0.15, 0.2) is 11.8 Å². The number of ether oxygens (including phenoxy) is 2. The highest BCUT2D eigenvalue weighted by Gasteiger charge is 2.51. The van der Waals surface area contributed by atoms with Crippen molar-refractivity contribution in [1.29, 1.82) is 0 Å². The Morgan fingerprint density at radius 1 is 1.24 bits per heavy atom. The Hall–Kier alpha value is -0.323. The van der Waals surface area contributed by atoms with Crippen LogP contribution in [0.2, 0.25) is 19.6 Å². The van der Waals surface area contributed by atoms with E-state index >= 15 is 0 Å². The van der Waals surface area contributed by atoms with Crippen molar-refractivity contribution in [2.45, 2.75) is 44.7 Å². The largest absolute Gasteiger partial charge is 0.548 e. The van der Waals surface area contributed by atoms with Gasteiger partial charge in [-0.2, -0.15) is 0 Å². The second-order valence-electron chi connectivity index (χ2n) is 6.49. The van der Waals surface area contributed by atoms with Gasteiger partial charge in [0.15, 0.2) is 5.79 Å². The molecule has 0 aromatic carbocycles. The molecule has 0 unspecified atom stereocenters. The third-order valence-electron chi connectivity index (χ3n) is 3.84. The van der Waals surface area contributed by atoms with E-state index in [1.807, 2.05) is 0 Å². The molecule has 4 heteroatoms. The molecule has 0 N–H and O–H groups in total. The lowest BCUT2D eigenvalue weighted by molar-refractivity contribution is -0.154. The number of fused-ring (bicyclic) bond motifs is 1. The number of rotatable bonds is 2. The fraction of sp³-hybridized carbons (Fsp3) is 0.846. The van der Waals surface area contributed by atoms with Gasteiger partial charge < -0.3 is 13.9 Å². The lowest BCUT2D eigenvalue weighted by atomic mass is 10.0. The molecule has 3 rings (SSSR count). The maximum absolute atomic E-state index is 6.10. The van der Waals surface area contributed by atoms with E-state index < -0.39 is 8.32 Å². The van der Waals surface area contributed by atoms with Crippen molar-refractivity contribution in [1.82, 2.24) is 0 Å². The Balaban J connectivity index is 1.66. The summed E-state index contributed by atoms with van der Waals surface area (Å²) in [6.45, 7) is 8.26. The van der Waals surface area contributed by atoms with Crippen LogP contribution in [0, 0.1) is 11.8 Å². The molecule has 2 aliphatic carbocycles. The van der Waals surface area contributed by atoms with Gasteiger partial charge in [-0.3, -0.25) is 0 Å². The van der Waals surface area contributed by atoms with E-state index in [1.165, 1.54) is 5.76 Å². The highest BCUT2D eigenvalue weighted by atomic mass is 28.4. The zero-order valence-corrected chi connectivity index (χ0v) is 12.0. The molecule has 3 nitrogen and oxygen atoms in total. The first-order chi connectivity index (χ1) is 7.96. The minimum absolute atomic E-state index is 0.240. The molecule has 3 aliphatic rings. The zero-order chi connectivity index (χ0) is 12.1. The predicted molar refractivity (Wildman–Crippen MR) is 68.0 cm³/mol. The van der Waals surface area contributed by atoms with E-state index in [9.17, 15) is 0 Å². The first-order valence-corrected chi connectivity index (χ1v) is 10.0. The summed E-state index contributed by atoms with van der Waals surface area (Å²) in [7, 11) is -1.44. The molecule has 2 fully saturated rings. The van der Waals surface area contributed by atoms with Crippen LogP contribution in [0.5, 0.6) is 0 Å². The molecule has 0 amide bonds. The van der Waals surface area contributed by atoms with Gasteiger partial charge in [0.05, 0.1) is 19.0 Å². The van der Waals surface area contributed by atoms with Crippen molar-refractivity contribution in [2.24, 2.45) is 11.8 Å². The summed E-state index contributed by atoms with van der Waals surface area (Å²) in [4.78, 5) is 0. The number of hydrogen-bond donors (Lipinski definition) is 0. The summed E-state index contributed by atoms with van der Waals surface area (Å²) < 4.78 is 17.7. The fourth-order valence-electron chi connectivity index (χ4n) is 3.35. The third-order valence-corrected chi connectivity index (χ3v) is 4.71. The quantitative estimate of drug-likeness (QED) is 0.709. The predicted octanol–water partition coefficient (Wildman–Crippen LogP) is 2.89. The summed E-state index contributed by atoms with van der Waals surface area (Å²) in [5.41, 5.74) is 0. The van der Waals surface area contributed by atoms with Gasteiger partial charge in [0.25, 0.3) is 0 Å². The molecule has 1 saturated carbocycles. The molecule has 17 heavy (non-hydrogen) atoms. The minimum atomic E-state index is -1.44. The Morgan fingerprint density at radius 3 is 2.53 bits per heavy atom. The Kier molecular flexibility index (Phi) is 2.65. The van der Waals surface area contributed by atoms with Gasteiger partial charge in [0.2, 0.25) is 8.32 Å². The number of hydrogen-bond acceptors (Lipinski definition) is 3. The van der Waals surface area contributed by atoms with Crippen LogP contribution < -0.4 is 0 Å².